The van der Waals surface area contributed by atoms with Crippen molar-refractivity contribution >= 4 is 45.4 Å². The predicted octanol–water partition coefficient (Wildman–Crippen LogP) is 5.22. The van der Waals surface area contributed by atoms with Crippen molar-refractivity contribution in [1.29, 1.82) is 5.26 Å². The summed E-state index contributed by atoms with van der Waals surface area (Å²) in [6.07, 6.45) is 4.72. The maximum absolute atomic E-state index is 11.5. The summed E-state index contributed by atoms with van der Waals surface area (Å²) < 4.78 is 8.43. The SMILES string of the molecule is CN=c1c2cc(-c3cccc(-c4cccc(Nc5nc(N)nc6cc(CN7CC[C@@H](O)C7)cnc56)c4C)c3C)oc2c(C#N)cn1CCN1CC[C@H](C(=O)O)C1. The van der Waals surface area contributed by atoms with Crippen molar-refractivity contribution in [2.75, 3.05) is 50.8 Å². The quantitative estimate of drug-likeness (QED) is 0.143. The van der Waals surface area contributed by atoms with E-state index in [2.05, 4.69) is 62.1 Å². The first kappa shape index (κ1) is 36.8. The summed E-state index contributed by atoms with van der Waals surface area (Å²) in [5, 5.41) is 33.8. The number of carboxylic acid groups (broad SMARTS) is 1. The van der Waals surface area contributed by atoms with E-state index in [-0.39, 0.29) is 18.0 Å². The second-order valence-electron chi connectivity index (χ2n) is 14.8. The van der Waals surface area contributed by atoms with Crippen LogP contribution in [0.5, 0.6) is 0 Å². The first-order valence-corrected chi connectivity index (χ1v) is 18.8. The number of nitrogen functional groups attached to an aromatic ring is 1. The lowest BCUT2D eigenvalue weighted by molar-refractivity contribution is -0.141. The van der Waals surface area contributed by atoms with Crippen LogP contribution in [0.3, 0.4) is 0 Å². The van der Waals surface area contributed by atoms with Crippen LogP contribution in [0.2, 0.25) is 0 Å². The maximum Gasteiger partial charge on any atom is 0.307 e. The molecule has 56 heavy (non-hydrogen) atoms. The molecule has 2 aliphatic heterocycles. The molecule has 14 nitrogen and oxygen atoms in total. The predicted molar refractivity (Wildman–Crippen MR) is 214 cm³/mol. The van der Waals surface area contributed by atoms with E-state index in [0.717, 1.165) is 64.0 Å². The van der Waals surface area contributed by atoms with Gasteiger partial charge < -0.3 is 35.1 Å². The Labute approximate surface area is 323 Å². The molecule has 6 aromatic rings. The number of anilines is 3. The van der Waals surface area contributed by atoms with Crippen molar-refractivity contribution < 1.29 is 19.4 Å². The highest BCUT2D eigenvalue weighted by molar-refractivity contribution is 5.91. The molecule has 5 N–H and O–H groups in total. The van der Waals surface area contributed by atoms with Crippen LogP contribution in [-0.2, 0) is 17.9 Å². The van der Waals surface area contributed by atoms with E-state index in [1.165, 1.54) is 0 Å². The van der Waals surface area contributed by atoms with Crippen LogP contribution in [0, 0.1) is 31.1 Å². The Kier molecular flexibility index (Phi) is 9.98. The van der Waals surface area contributed by atoms with Gasteiger partial charge in [0.1, 0.15) is 28.4 Å². The number of hydrogen-bond acceptors (Lipinski definition) is 12. The molecule has 286 valence electrons. The fourth-order valence-corrected chi connectivity index (χ4v) is 8.16. The molecule has 0 aliphatic carbocycles. The smallest absolute Gasteiger partial charge is 0.307 e. The average Bonchev–Trinajstić information content (AvgIpc) is 3.95. The Morgan fingerprint density at radius 3 is 2.54 bits per heavy atom. The molecule has 8 rings (SSSR count). The maximum atomic E-state index is 11.5. The van der Waals surface area contributed by atoms with Crippen LogP contribution in [0.1, 0.15) is 35.1 Å². The highest BCUT2D eigenvalue weighted by Gasteiger charge is 2.28. The normalized spacial score (nSPS) is 17.9. The molecular formula is C42H44N10O4. The number of β-amino-alcohol motifs (C(OH)–C–C–N with tert-alkyl or cyclic N) is 1. The molecule has 2 fully saturated rings. The molecule has 2 aliphatic rings. The number of hydrogen-bond donors (Lipinski definition) is 4. The fourth-order valence-electron chi connectivity index (χ4n) is 8.16. The molecule has 0 bridgehead atoms. The lowest BCUT2D eigenvalue weighted by Crippen LogP contribution is -2.31. The van der Waals surface area contributed by atoms with E-state index in [9.17, 15) is 20.3 Å². The number of nitriles is 1. The van der Waals surface area contributed by atoms with E-state index >= 15 is 0 Å². The summed E-state index contributed by atoms with van der Waals surface area (Å²) in [4.78, 5) is 34.2. The molecule has 14 heteroatoms. The monoisotopic (exact) mass is 752 g/mol. The highest BCUT2D eigenvalue weighted by Crippen LogP contribution is 2.38. The largest absolute Gasteiger partial charge is 0.481 e. The molecule has 0 radical (unpaired) electrons. The van der Waals surface area contributed by atoms with Gasteiger partial charge in [-0.3, -0.25) is 19.7 Å². The Morgan fingerprint density at radius 2 is 1.80 bits per heavy atom. The molecular weight excluding hydrogens is 709 g/mol. The van der Waals surface area contributed by atoms with Crippen LogP contribution in [0.25, 0.3) is 44.5 Å². The van der Waals surface area contributed by atoms with E-state index in [1.54, 1.807) is 13.2 Å². The summed E-state index contributed by atoms with van der Waals surface area (Å²) in [6.45, 7) is 8.73. The van der Waals surface area contributed by atoms with Crippen molar-refractivity contribution in [1.82, 2.24) is 29.3 Å². The van der Waals surface area contributed by atoms with E-state index in [4.69, 9.17) is 15.1 Å². The van der Waals surface area contributed by atoms with Crippen LogP contribution in [0.4, 0.5) is 17.5 Å². The van der Waals surface area contributed by atoms with E-state index in [1.807, 2.05) is 47.2 Å². The summed E-state index contributed by atoms with van der Waals surface area (Å²) in [6, 6.07) is 18.4. The highest BCUT2D eigenvalue weighted by atomic mass is 16.4. The summed E-state index contributed by atoms with van der Waals surface area (Å²) in [5.74, 6) is 0.174. The van der Waals surface area contributed by atoms with Gasteiger partial charge >= 0.3 is 5.97 Å². The van der Waals surface area contributed by atoms with Crippen molar-refractivity contribution in [2.24, 2.45) is 10.9 Å². The molecule has 0 saturated carbocycles. The number of nitrogens with zero attached hydrogens (tertiary/aromatic N) is 8. The zero-order chi connectivity index (χ0) is 39.1. The molecule has 0 amide bonds. The third kappa shape index (κ3) is 7.08. The minimum Gasteiger partial charge on any atom is -0.481 e. The Morgan fingerprint density at radius 1 is 1.04 bits per heavy atom. The van der Waals surface area contributed by atoms with Crippen molar-refractivity contribution in [3.8, 4) is 28.5 Å². The molecule has 2 aromatic carbocycles. The Balaban J connectivity index is 1.09. The second-order valence-corrected chi connectivity index (χ2v) is 14.8. The number of furan rings is 1. The van der Waals surface area contributed by atoms with Crippen LogP contribution in [0.15, 0.2) is 70.3 Å². The number of benzene rings is 2. The number of rotatable bonds is 10. The number of nitrogens with two attached hydrogens (primary N) is 1. The van der Waals surface area contributed by atoms with Gasteiger partial charge in [0.25, 0.3) is 0 Å². The first-order valence-electron chi connectivity index (χ1n) is 18.8. The van der Waals surface area contributed by atoms with Crippen molar-refractivity contribution in [3.63, 3.8) is 0 Å². The first-order chi connectivity index (χ1) is 27.1. The Hall–Kier alpha value is -6.14. The number of aliphatic hydroxyl groups excluding tert-OH is 1. The molecule has 2 atom stereocenters. The lowest BCUT2D eigenvalue weighted by Gasteiger charge is -2.17. The molecule has 4 aromatic heterocycles. The number of nitrogens with one attached hydrogen (secondary N) is 1. The number of aromatic nitrogens is 4. The molecule has 0 unspecified atom stereocenters. The van der Waals surface area contributed by atoms with Crippen LogP contribution in [-0.4, -0.2) is 91.4 Å². The topological polar surface area (TPSA) is 195 Å². The number of pyridine rings is 2. The van der Waals surface area contributed by atoms with Gasteiger partial charge in [-0.05, 0) is 79.3 Å². The van der Waals surface area contributed by atoms with E-state index in [0.29, 0.717) is 78.4 Å². The van der Waals surface area contributed by atoms with Crippen molar-refractivity contribution in [3.05, 3.63) is 88.7 Å². The number of likely N-dealkylation sites (tertiary alicyclic amines) is 2. The Bertz CT molecular complexity index is 2610. The van der Waals surface area contributed by atoms with E-state index < -0.39 is 5.97 Å². The van der Waals surface area contributed by atoms with Gasteiger partial charge in [0.15, 0.2) is 11.4 Å². The standard InChI is InChI=1S/C42H44N10O4/c1-24-30(31-7-5-9-34(25(31)2)47-39-37-35(48-42(44)49-39)16-26(19-46-37)20-51-13-11-29(53)23-51)6-4-8-32(24)36-17-33-38(56-36)28(18-43)22-52(40(33)45-3)15-14-50-12-10-27(21-50)41(54)55/h4-9,16-17,19,22,27,29,53H,10-15,20-21,23H2,1-3H3,(H,54,55)(H3,44,47,48,49)/t27-,29+/m0/s1. The molecule has 6 heterocycles. The number of aliphatic carboxylic acids is 1. The average molecular weight is 753 g/mol. The van der Waals surface area contributed by atoms with Gasteiger partial charge in [0.05, 0.1) is 22.9 Å². The fraction of sp³-hybridized carbons (Fsp3) is 0.333. The van der Waals surface area contributed by atoms with Crippen LogP contribution < -0.4 is 16.5 Å². The second kappa shape index (κ2) is 15.2. The van der Waals surface area contributed by atoms with Gasteiger partial charge in [-0.25, -0.2) is 4.98 Å². The minimum absolute atomic E-state index is 0.142. The van der Waals surface area contributed by atoms with Gasteiger partial charge in [0.2, 0.25) is 5.95 Å². The third-order valence-electron chi connectivity index (χ3n) is 11.1. The summed E-state index contributed by atoms with van der Waals surface area (Å²) in [7, 11) is 1.73. The molecule has 0 spiro atoms. The number of carbonyl (C=O) groups is 1. The summed E-state index contributed by atoms with van der Waals surface area (Å²) in [5.41, 5.74) is 15.8. The third-order valence-corrected chi connectivity index (χ3v) is 11.1. The molecule has 2 saturated heterocycles. The zero-order valence-corrected chi connectivity index (χ0v) is 31.7. The van der Waals surface area contributed by atoms with Gasteiger partial charge in [0, 0.05) is 70.0 Å². The van der Waals surface area contributed by atoms with Gasteiger partial charge in [-0.2, -0.15) is 10.2 Å². The number of fused-ring (bicyclic) bond motifs is 2. The number of aliphatic hydroxyl groups is 1. The van der Waals surface area contributed by atoms with Gasteiger partial charge in [-0.1, -0.05) is 30.3 Å². The summed E-state index contributed by atoms with van der Waals surface area (Å²) >= 11 is 0. The van der Waals surface area contributed by atoms with Crippen LogP contribution >= 0.6 is 0 Å². The minimum atomic E-state index is -0.757. The van der Waals surface area contributed by atoms with Gasteiger partial charge in [-0.15, -0.1) is 0 Å². The number of carboxylic acids is 1. The van der Waals surface area contributed by atoms with Crippen molar-refractivity contribution in [2.45, 2.75) is 45.9 Å². The zero-order valence-electron chi connectivity index (χ0n) is 31.7. The lowest BCUT2D eigenvalue weighted by atomic mass is 9.92.